The molecule has 0 unspecified atom stereocenters. The molecule has 0 saturated carbocycles. The first-order valence-corrected chi connectivity index (χ1v) is 8.33. The minimum atomic E-state index is -0.854. The Bertz CT molecular complexity index is 898. The lowest BCUT2D eigenvalue weighted by atomic mass is 10.2. The van der Waals surface area contributed by atoms with E-state index in [0.717, 1.165) is 12.1 Å². The fourth-order valence-electron chi connectivity index (χ4n) is 3.13. The van der Waals surface area contributed by atoms with Gasteiger partial charge in [0.05, 0.1) is 23.6 Å². The monoisotopic (exact) mass is 357 g/mol. The van der Waals surface area contributed by atoms with Crippen molar-refractivity contribution in [2.75, 3.05) is 6.54 Å². The molecule has 26 heavy (non-hydrogen) atoms. The number of fused-ring (bicyclic) bond motifs is 1. The molecule has 0 bridgehead atoms. The average Bonchev–Trinajstić information content (AvgIpc) is 3.34. The molecule has 4 rings (SSSR count). The number of aryl methyl sites for hydroxylation is 2. The maximum Gasteiger partial charge on any atom is 0.244 e. The molecule has 0 fully saturated rings. The van der Waals surface area contributed by atoms with Crippen LogP contribution in [0.15, 0.2) is 24.7 Å². The van der Waals surface area contributed by atoms with Crippen molar-refractivity contribution in [3.8, 4) is 0 Å². The van der Waals surface area contributed by atoms with Crippen molar-refractivity contribution in [2.24, 2.45) is 7.05 Å². The topological polar surface area (TPSA) is 120 Å². The second kappa shape index (κ2) is 6.67. The Balaban J connectivity index is 1.52. The number of aromatic nitrogens is 8. The third-order valence-corrected chi connectivity index (χ3v) is 4.49. The molecule has 1 aliphatic heterocycles. The highest BCUT2D eigenvalue weighted by Gasteiger charge is 2.24. The van der Waals surface area contributed by atoms with Gasteiger partial charge < -0.3 is 10.0 Å². The Morgan fingerprint density at radius 3 is 3.00 bits per heavy atom. The van der Waals surface area contributed by atoms with E-state index in [1.54, 1.807) is 28.9 Å². The number of rotatable bonds is 4. The fraction of sp³-hybridized carbons (Fsp3) is 0.467. The van der Waals surface area contributed by atoms with Crippen LogP contribution in [-0.4, -0.2) is 62.2 Å². The molecular weight excluding hydrogens is 338 g/mol. The van der Waals surface area contributed by atoms with E-state index in [1.807, 2.05) is 10.7 Å². The van der Waals surface area contributed by atoms with Gasteiger partial charge in [0.2, 0.25) is 5.91 Å². The highest BCUT2D eigenvalue weighted by molar-refractivity contribution is 5.75. The number of aliphatic hydroxyl groups is 1. The number of aliphatic hydroxyl groups excluding tert-OH is 1. The van der Waals surface area contributed by atoms with Crippen molar-refractivity contribution < 1.29 is 9.90 Å². The standard InChI is InChI=1S/C15H19N9O2/c1-21-13(3-4-17-21)15(26)12-7-11-8-22(5-2-6-24(11)18-12)14(25)9-23-10-16-19-20-23/h3-4,7,10,15,26H,2,5-6,8-9H2,1H3/t15-/m1/s1. The average molecular weight is 357 g/mol. The van der Waals surface area contributed by atoms with Gasteiger partial charge in [-0.3, -0.25) is 14.2 Å². The zero-order chi connectivity index (χ0) is 18.1. The molecule has 3 aromatic rings. The van der Waals surface area contributed by atoms with Crippen LogP contribution >= 0.6 is 0 Å². The molecule has 1 amide bonds. The Hall–Kier alpha value is -3.08. The van der Waals surface area contributed by atoms with Crippen LogP contribution in [0.1, 0.15) is 29.6 Å². The van der Waals surface area contributed by atoms with E-state index in [9.17, 15) is 9.90 Å². The lowest BCUT2D eigenvalue weighted by Gasteiger charge is -2.19. The molecule has 0 aliphatic carbocycles. The van der Waals surface area contributed by atoms with Crippen LogP contribution in [0.25, 0.3) is 0 Å². The fourth-order valence-corrected chi connectivity index (χ4v) is 3.13. The van der Waals surface area contributed by atoms with Gasteiger partial charge in [-0.15, -0.1) is 5.10 Å². The van der Waals surface area contributed by atoms with Gasteiger partial charge in [0.25, 0.3) is 0 Å². The van der Waals surface area contributed by atoms with Crippen LogP contribution in [0.4, 0.5) is 0 Å². The molecule has 0 saturated heterocycles. The maximum absolute atomic E-state index is 12.5. The first-order valence-electron chi connectivity index (χ1n) is 8.33. The summed E-state index contributed by atoms with van der Waals surface area (Å²) in [4.78, 5) is 14.3. The van der Waals surface area contributed by atoms with Crippen LogP contribution < -0.4 is 0 Å². The van der Waals surface area contributed by atoms with Crippen molar-refractivity contribution in [1.29, 1.82) is 0 Å². The normalized spacial score (nSPS) is 15.5. The van der Waals surface area contributed by atoms with Crippen molar-refractivity contribution >= 4 is 5.91 Å². The summed E-state index contributed by atoms with van der Waals surface area (Å²) in [5, 5.41) is 30.0. The summed E-state index contributed by atoms with van der Waals surface area (Å²) in [6.07, 6.45) is 2.99. The number of nitrogens with zero attached hydrogens (tertiary/aromatic N) is 9. The third-order valence-electron chi connectivity index (χ3n) is 4.49. The highest BCUT2D eigenvalue weighted by Crippen LogP contribution is 2.23. The van der Waals surface area contributed by atoms with Gasteiger partial charge >= 0.3 is 0 Å². The highest BCUT2D eigenvalue weighted by atomic mass is 16.3. The van der Waals surface area contributed by atoms with Gasteiger partial charge in [-0.2, -0.15) is 10.2 Å². The van der Waals surface area contributed by atoms with Gasteiger partial charge in [0.15, 0.2) is 0 Å². The molecule has 136 valence electrons. The number of carbonyl (C=O) groups is 1. The van der Waals surface area contributed by atoms with Crippen molar-refractivity contribution in [3.05, 3.63) is 41.7 Å². The zero-order valence-corrected chi connectivity index (χ0v) is 14.3. The maximum atomic E-state index is 12.5. The van der Waals surface area contributed by atoms with Crippen molar-refractivity contribution in [2.45, 2.75) is 32.2 Å². The van der Waals surface area contributed by atoms with E-state index >= 15 is 0 Å². The third kappa shape index (κ3) is 3.08. The van der Waals surface area contributed by atoms with Gasteiger partial charge in [-0.05, 0) is 29.0 Å². The van der Waals surface area contributed by atoms with Gasteiger partial charge in [0, 0.05) is 26.3 Å². The van der Waals surface area contributed by atoms with E-state index in [1.165, 1.54) is 11.0 Å². The van der Waals surface area contributed by atoms with E-state index in [0.29, 0.717) is 31.0 Å². The van der Waals surface area contributed by atoms with Crippen molar-refractivity contribution in [1.82, 2.24) is 44.7 Å². The minimum Gasteiger partial charge on any atom is -0.380 e. The second-order valence-electron chi connectivity index (χ2n) is 6.24. The van der Waals surface area contributed by atoms with Crippen LogP contribution in [0.5, 0.6) is 0 Å². The summed E-state index contributed by atoms with van der Waals surface area (Å²) >= 11 is 0. The van der Waals surface area contributed by atoms with Crippen molar-refractivity contribution in [3.63, 3.8) is 0 Å². The van der Waals surface area contributed by atoms with E-state index in [2.05, 4.69) is 25.7 Å². The van der Waals surface area contributed by atoms with E-state index < -0.39 is 6.10 Å². The lowest BCUT2D eigenvalue weighted by molar-refractivity contribution is -0.132. The number of carbonyl (C=O) groups excluding carboxylic acids is 1. The number of hydrogen-bond acceptors (Lipinski definition) is 7. The summed E-state index contributed by atoms with van der Waals surface area (Å²) in [5.74, 6) is -0.0549. The summed E-state index contributed by atoms with van der Waals surface area (Å²) < 4.78 is 4.89. The summed E-state index contributed by atoms with van der Waals surface area (Å²) in [6, 6.07) is 3.61. The first-order chi connectivity index (χ1) is 12.6. The number of hydrogen-bond donors (Lipinski definition) is 1. The van der Waals surface area contributed by atoms with Crippen LogP contribution in [-0.2, 0) is 31.5 Å². The Morgan fingerprint density at radius 1 is 1.38 bits per heavy atom. The largest absolute Gasteiger partial charge is 0.380 e. The molecule has 3 aromatic heterocycles. The molecular formula is C15H19N9O2. The summed E-state index contributed by atoms with van der Waals surface area (Å²) in [6.45, 7) is 1.88. The SMILES string of the molecule is Cn1nccc1[C@H](O)c1cc2n(n1)CCCN(C(=O)Cn1cnnn1)C2. The molecule has 0 radical (unpaired) electrons. The molecule has 11 nitrogen and oxygen atoms in total. The second-order valence-corrected chi connectivity index (χ2v) is 6.24. The molecule has 0 spiro atoms. The summed E-state index contributed by atoms with van der Waals surface area (Å²) in [7, 11) is 1.78. The predicted octanol–water partition coefficient (Wildman–Crippen LogP) is -0.883. The Labute approximate surface area is 148 Å². The number of tetrazole rings is 1. The zero-order valence-electron chi connectivity index (χ0n) is 14.3. The van der Waals surface area contributed by atoms with Gasteiger partial charge in [0.1, 0.15) is 19.0 Å². The quantitative estimate of drug-likeness (QED) is 0.643. The minimum absolute atomic E-state index is 0.0549. The molecule has 1 aliphatic rings. The molecule has 11 heteroatoms. The van der Waals surface area contributed by atoms with Gasteiger partial charge in [-0.1, -0.05) is 0 Å². The van der Waals surface area contributed by atoms with Crippen LogP contribution in [0, 0.1) is 0 Å². The Kier molecular flexibility index (Phi) is 4.21. The Morgan fingerprint density at radius 2 is 2.27 bits per heavy atom. The number of amides is 1. The molecule has 4 heterocycles. The van der Waals surface area contributed by atoms with Crippen LogP contribution in [0.3, 0.4) is 0 Å². The lowest BCUT2D eigenvalue weighted by Crippen LogP contribution is -2.33. The van der Waals surface area contributed by atoms with E-state index in [4.69, 9.17) is 0 Å². The summed E-state index contributed by atoms with van der Waals surface area (Å²) in [5.41, 5.74) is 2.12. The first kappa shape index (κ1) is 16.4. The predicted molar refractivity (Wildman–Crippen MR) is 87.3 cm³/mol. The molecule has 1 N–H and O–H groups in total. The molecule has 1 atom stereocenters. The molecule has 0 aromatic carbocycles. The van der Waals surface area contributed by atoms with E-state index in [-0.39, 0.29) is 12.5 Å². The van der Waals surface area contributed by atoms with Crippen LogP contribution in [0.2, 0.25) is 0 Å². The van der Waals surface area contributed by atoms with Gasteiger partial charge in [-0.25, -0.2) is 4.68 Å². The smallest absolute Gasteiger partial charge is 0.244 e.